The number of amides is 2. The molecule has 6 nitrogen and oxygen atoms in total. The van der Waals surface area contributed by atoms with E-state index in [4.69, 9.17) is 9.47 Å². The number of anilines is 1. The summed E-state index contributed by atoms with van der Waals surface area (Å²) in [6.45, 7) is 5.76. The summed E-state index contributed by atoms with van der Waals surface area (Å²) in [7, 11) is 0. The number of morpholine rings is 1. The molecule has 3 saturated heterocycles. The van der Waals surface area contributed by atoms with Gasteiger partial charge in [-0.2, -0.15) is 0 Å². The van der Waals surface area contributed by atoms with E-state index in [9.17, 15) is 9.18 Å². The number of halogens is 1. The fourth-order valence-electron chi connectivity index (χ4n) is 4.49. The average Bonchev–Trinajstić information content (AvgIpc) is 2.69. The van der Waals surface area contributed by atoms with Gasteiger partial charge in [-0.05, 0) is 43.9 Å². The number of ether oxygens (including phenoxy) is 2. The highest BCUT2D eigenvalue weighted by molar-refractivity contribution is 5.89. The smallest absolute Gasteiger partial charge is 0.321 e. The normalized spacial score (nSPS) is 26.1. The van der Waals surface area contributed by atoms with Crippen LogP contribution in [0.3, 0.4) is 0 Å². The van der Waals surface area contributed by atoms with Gasteiger partial charge in [-0.15, -0.1) is 0 Å². The van der Waals surface area contributed by atoms with Crippen LogP contribution in [0.25, 0.3) is 0 Å². The first-order valence-corrected chi connectivity index (χ1v) is 9.91. The Morgan fingerprint density at radius 1 is 1.15 bits per heavy atom. The molecule has 27 heavy (non-hydrogen) atoms. The van der Waals surface area contributed by atoms with E-state index < -0.39 is 0 Å². The minimum absolute atomic E-state index is 0.114. The van der Waals surface area contributed by atoms with Gasteiger partial charge in [0.15, 0.2) is 0 Å². The van der Waals surface area contributed by atoms with Crippen molar-refractivity contribution in [3.8, 4) is 0 Å². The molecule has 1 aromatic carbocycles. The van der Waals surface area contributed by atoms with Crippen LogP contribution in [0.15, 0.2) is 24.3 Å². The van der Waals surface area contributed by atoms with Crippen molar-refractivity contribution in [2.45, 2.75) is 37.3 Å². The Hall–Kier alpha value is -1.70. The molecule has 1 unspecified atom stereocenters. The molecule has 1 atom stereocenters. The van der Waals surface area contributed by atoms with Gasteiger partial charge in [0.25, 0.3) is 0 Å². The molecule has 3 heterocycles. The lowest BCUT2D eigenvalue weighted by molar-refractivity contribution is -0.135. The first-order chi connectivity index (χ1) is 13.1. The summed E-state index contributed by atoms with van der Waals surface area (Å²) >= 11 is 0. The number of nitrogens with zero attached hydrogens (tertiary/aromatic N) is 2. The number of benzene rings is 1. The lowest BCUT2D eigenvalue weighted by atomic mass is 9.82. The second-order valence-corrected chi connectivity index (χ2v) is 7.75. The van der Waals surface area contributed by atoms with Gasteiger partial charge in [-0.3, -0.25) is 4.90 Å². The van der Waals surface area contributed by atoms with Crippen molar-refractivity contribution in [3.63, 3.8) is 0 Å². The molecule has 4 rings (SSSR count). The molecule has 148 valence electrons. The molecule has 1 aromatic rings. The summed E-state index contributed by atoms with van der Waals surface area (Å²) in [5, 5.41) is 2.79. The molecule has 2 amide bonds. The molecule has 3 fully saturated rings. The van der Waals surface area contributed by atoms with E-state index in [0.29, 0.717) is 24.8 Å². The minimum Gasteiger partial charge on any atom is -0.379 e. The number of hydrogen-bond acceptors (Lipinski definition) is 4. The summed E-state index contributed by atoms with van der Waals surface area (Å²) in [5.74, 6) is -0.352. The second-order valence-electron chi connectivity index (χ2n) is 7.75. The van der Waals surface area contributed by atoms with E-state index in [0.717, 1.165) is 58.6 Å². The minimum atomic E-state index is -0.352. The van der Waals surface area contributed by atoms with Crippen molar-refractivity contribution in [2.24, 2.45) is 0 Å². The highest BCUT2D eigenvalue weighted by Gasteiger charge is 2.42. The van der Waals surface area contributed by atoms with Crippen LogP contribution in [0, 0.1) is 5.82 Å². The Balaban J connectivity index is 1.31. The number of likely N-dealkylation sites (tertiary alicyclic amines) is 1. The van der Waals surface area contributed by atoms with Crippen molar-refractivity contribution in [1.82, 2.24) is 9.80 Å². The molecule has 3 aliphatic heterocycles. The van der Waals surface area contributed by atoms with Gasteiger partial charge in [0.05, 0.1) is 18.8 Å². The number of nitrogens with one attached hydrogen (secondary N) is 1. The average molecular weight is 377 g/mol. The van der Waals surface area contributed by atoms with Crippen molar-refractivity contribution >= 4 is 11.7 Å². The molecule has 0 aliphatic carbocycles. The molecule has 1 N–H and O–H groups in total. The monoisotopic (exact) mass is 377 g/mol. The third-order valence-corrected chi connectivity index (χ3v) is 6.07. The Morgan fingerprint density at radius 3 is 2.67 bits per heavy atom. The van der Waals surface area contributed by atoms with Crippen molar-refractivity contribution in [1.29, 1.82) is 0 Å². The maximum atomic E-state index is 13.3. The largest absolute Gasteiger partial charge is 0.379 e. The van der Waals surface area contributed by atoms with E-state index in [1.165, 1.54) is 12.1 Å². The molecular weight excluding hydrogens is 349 g/mol. The van der Waals surface area contributed by atoms with E-state index in [1.807, 2.05) is 0 Å². The van der Waals surface area contributed by atoms with Gasteiger partial charge in [0.2, 0.25) is 0 Å². The lowest BCUT2D eigenvalue weighted by Crippen LogP contribution is -2.56. The van der Waals surface area contributed by atoms with E-state index in [1.54, 1.807) is 17.0 Å². The maximum absolute atomic E-state index is 13.3. The number of hydrogen-bond donors (Lipinski definition) is 1. The van der Waals surface area contributed by atoms with E-state index >= 15 is 0 Å². The summed E-state index contributed by atoms with van der Waals surface area (Å²) < 4.78 is 25.0. The third kappa shape index (κ3) is 4.42. The zero-order chi connectivity index (χ0) is 18.7. The van der Waals surface area contributed by atoms with Crippen LogP contribution < -0.4 is 5.32 Å². The first-order valence-electron chi connectivity index (χ1n) is 9.91. The van der Waals surface area contributed by atoms with E-state index in [2.05, 4.69) is 10.2 Å². The van der Waals surface area contributed by atoms with Crippen molar-refractivity contribution < 1.29 is 18.7 Å². The molecule has 0 aromatic heterocycles. The summed E-state index contributed by atoms with van der Waals surface area (Å²) in [6.07, 6.45) is 3.81. The number of urea groups is 1. The van der Waals surface area contributed by atoms with Gasteiger partial charge < -0.3 is 19.7 Å². The van der Waals surface area contributed by atoms with Crippen LogP contribution in [0.2, 0.25) is 0 Å². The molecule has 0 bridgehead atoms. The zero-order valence-corrected chi connectivity index (χ0v) is 15.7. The number of carbonyl (C=O) groups is 1. The zero-order valence-electron chi connectivity index (χ0n) is 15.7. The van der Waals surface area contributed by atoms with Crippen LogP contribution in [0.1, 0.15) is 25.7 Å². The number of piperidine rings is 1. The van der Waals surface area contributed by atoms with Gasteiger partial charge in [-0.1, -0.05) is 6.07 Å². The van der Waals surface area contributed by atoms with Crippen LogP contribution in [0.4, 0.5) is 14.9 Å². The third-order valence-electron chi connectivity index (χ3n) is 6.07. The van der Waals surface area contributed by atoms with Crippen molar-refractivity contribution in [3.05, 3.63) is 30.1 Å². The van der Waals surface area contributed by atoms with Crippen LogP contribution >= 0.6 is 0 Å². The van der Waals surface area contributed by atoms with E-state index in [-0.39, 0.29) is 17.4 Å². The van der Waals surface area contributed by atoms with Gasteiger partial charge in [-0.25, -0.2) is 9.18 Å². The van der Waals surface area contributed by atoms with Crippen molar-refractivity contribution in [2.75, 3.05) is 51.3 Å². The molecule has 1 spiro atoms. The Kier molecular flexibility index (Phi) is 5.61. The van der Waals surface area contributed by atoms with Gasteiger partial charge in [0.1, 0.15) is 5.82 Å². The fourth-order valence-corrected chi connectivity index (χ4v) is 4.49. The summed E-state index contributed by atoms with van der Waals surface area (Å²) in [4.78, 5) is 16.8. The van der Waals surface area contributed by atoms with Crippen LogP contribution in [-0.4, -0.2) is 73.5 Å². The summed E-state index contributed by atoms with van der Waals surface area (Å²) in [6, 6.07) is 6.37. The number of carbonyl (C=O) groups excluding carboxylic acids is 1. The quantitative estimate of drug-likeness (QED) is 0.861. The first kappa shape index (κ1) is 18.7. The lowest BCUT2D eigenvalue weighted by Gasteiger charge is -2.48. The molecule has 7 heteroatoms. The molecule has 0 saturated carbocycles. The fraction of sp³-hybridized carbons (Fsp3) is 0.650. The number of rotatable bonds is 2. The SMILES string of the molecule is O=C(Nc1cccc(F)c1)N1CCC2(CC1)CC(N1CCOCC1)CCO2. The molecular formula is C20H28FN3O3. The van der Waals surface area contributed by atoms with Gasteiger partial charge in [0, 0.05) is 44.5 Å². The Morgan fingerprint density at radius 2 is 1.93 bits per heavy atom. The van der Waals surface area contributed by atoms with Crippen LogP contribution in [-0.2, 0) is 9.47 Å². The highest BCUT2D eigenvalue weighted by Crippen LogP contribution is 2.37. The van der Waals surface area contributed by atoms with Crippen LogP contribution in [0.5, 0.6) is 0 Å². The second kappa shape index (κ2) is 8.12. The van der Waals surface area contributed by atoms with Gasteiger partial charge >= 0.3 is 6.03 Å². The predicted octanol–water partition coefficient (Wildman–Crippen LogP) is 2.70. The maximum Gasteiger partial charge on any atom is 0.321 e. The topological polar surface area (TPSA) is 54.0 Å². The molecule has 3 aliphatic rings. The molecule has 0 radical (unpaired) electrons. The highest BCUT2D eigenvalue weighted by atomic mass is 19.1. The summed E-state index contributed by atoms with van der Waals surface area (Å²) in [5.41, 5.74) is 0.373. The standard InChI is InChI=1S/C20H28FN3O3/c21-16-2-1-3-17(14-16)22-19(25)24-7-5-20(6-8-24)15-18(4-11-27-20)23-9-12-26-13-10-23/h1-3,14,18H,4-13,15H2,(H,22,25). The predicted molar refractivity (Wildman–Crippen MR) is 100 cm³/mol. The Labute approximate surface area is 159 Å². The Bertz CT molecular complexity index is 658.